The average Bonchev–Trinajstić information content (AvgIpc) is 3.12. The summed E-state index contributed by atoms with van der Waals surface area (Å²) in [4.78, 5) is 13.7. The third-order valence-electron chi connectivity index (χ3n) is 17.9. The number of carbonyl (C=O) groups is 1. The zero-order valence-corrected chi connectivity index (χ0v) is 34.2. The first-order valence-electron chi connectivity index (χ1n) is 21.0. The van der Waals surface area contributed by atoms with Gasteiger partial charge in [0.05, 0.1) is 30.3 Å². The minimum absolute atomic E-state index is 0.104. The highest BCUT2D eigenvalue weighted by atomic mass is 16.8. The highest BCUT2D eigenvalue weighted by Crippen LogP contribution is 2.77. The Morgan fingerprint density at radius 2 is 1.41 bits per heavy atom. The molecule has 0 aromatic heterocycles. The third kappa shape index (κ3) is 5.26. The fourth-order valence-electron chi connectivity index (χ4n) is 14.1. The lowest BCUT2D eigenvalue weighted by Gasteiger charge is -2.73. The van der Waals surface area contributed by atoms with E-state index in [0.717, 1.165) is 24.8 Å². The molecule has 1 spiro atoms. The molecular formula is C42H66O14. The molecule has 8 N–H and O–H groups in total. The minimum atomic E-state index is -1.67. The Balaban J connectivity index is 1.08. The number of ether oxygens (including phenoxy) is 5. The van der Waals surface area contributed by atoms with E-state index in [4.69, 9.17) is 23.7 Å². The van der Waals surface area contributed by atoms with E-state index < -0.39 is 108 Å². The first kappa shape index (κ1) is 41.5. The van der Waals surface area contributed by atoms with Crippen LogP contribution in [0.25, 0.3) is 0 Å². The summed E-state index contributed by atoms with van der Waals surface area (Å²) in [6.45, 7) is 15.8. The van der Waals surface area contributed by atoms with Crippen molar-refractivity contribution in [2.24, 2.45) is 38.9 Å². The zero-order chi connectivity index (χ0) is 40.9. The number of aliphatic hydroxyl groups excluding tert-OH is 7. The quantitative estimate of drug-likeness (QED) is 0.113. The van der Waals surface area contributed by atoms with Gasteiger partial charge in [0.2, 0.25) is 0 Å². The van der Waals surface area contributed by atoms with Gasteiger partial charge in [-0.15, -0.1) is 0 Å². The summed E-state index contributed by atoms with van der Waals surface area (Å²) in [6, 6.07) is 0. The van der Waals surface area contributed by atoms with Gasteiger partial charge in [-0.05, 0) is 123 Å². The Morgan fingerprint density at radius 3 is 2.07 bits per heavy atom. The molecule has 9 rings (SSSR count). The van der Waals surface area contributed by atoms with Crippen LogP contribution in [0.2, 0.25) is 0 Å². The van der Waals surface area contributed by atoms with Crippen LogP contribution in [0.4, 0.5) is 0 Å². The van der Waals surface area contributed by atoms with Crippen molar-refractivity contribution in [1.29, 1.82) is 0 Å². The highest BCUT2D eigenvalue weighted by molar-refractivity contribution is 5.86. The predicted octanol–water partition coefficient (Wildman–Crippen LogP) is 1.59. The molecule has 56 heavy (non-hydrogen) atoms. The van der Waals surface area contributed by atoms with Crippen molar-refractivity contribution in [3.63, 3.8) is 0 Å². The summed E-state index contributed by atoms with van der Waals surface area (Å²) < 4.78 is 30.5. The van der Waals surface area contributed by atoms with Crippen LogP contribution >= 0.6 is 0 Å². The molecule has 4 heterocycles. The topological polar surface area (TPSA) is 225 Å². The van der Waals surface area contributed by atoms with E-state index in [1.165, 1.54) is 6.92 Å². The van der Waals surface area contributed by atoms with Crippen LogP contribution in [0, 0.1) is 38.9 Å². The second-order valence-electron chi connectivity index (χ2n) is 20.7. The van der Waals surface area contributed by atoms with Crippen LogP contribution in [-0.4, -0.2) is 138 Å². The number of aliphatic hydroxyl groups is 8. The Labute approximate surface area is 329 Å². The van der Waals surface area contributed by atoms with Crippen molar-refractivity contribution < 1.29 is 69.3 Å². The lowest BCUT2D eigenvalue weighted by Crippen LogP contribution is -2.72. The van der Waals surface area contributed by atoms with Crippen molar-refractivity contribution in [3.8, 4) is 0 Å². The molecule has 0 aromatic rings. The Hall–Kier alpha value is -1.27. The monoisotopic (exact) mass is 794 g/mol. The summed E-state index contributed by atoms with van der Waals surface area (Å²) in [5.74, 6) is -0.0393. The van der Waals surface area contributed by atoms with Crippen LogP contribution < -0.4 is 0 Å². The third-order valence-corrected chi connectivity index (χ3v) is 17.9. The number of esters is 1. The van der Waals surface area contributed by atoms with Crippen molar-refractivity contribution in [3.05, 3.63) is 11.1 Å². The molecule has 0 radical (unpaired) electrons. The zero-order valence-electron chi connectivity index (χ0n) is 34.2. The SMILES string of the molecule is C[C@@H]1O[C@@H](O[C@H]2[C@H](O[C@H]3CC[C@@]4(C)C(CC[C@]5(C)[C@@H]4C[C@@H](O)C4=C6[C@]7(CC[C@](C)(OC7=O)[C@@]6(C)O)CC[C@]45C)C3(C)C)O[C@H](CO)[C@@H](O)[C@@H]2O)[C@H](O)[C@H](O)[C@H]1O. The van der Waals surface area contributed by atoms with E-state index in [9.17, 15) is 45.6 Å². The summed E-state index contributed by atoms with van der Waals surface area (Å²) in [5.41, 5.74) is -3.23. The molecule has 2 bridgehead atoms. The van der Waals surface area contributed by atoms with Crippen LogP contribution in [0.1, 0.15) is 113 Å². The van der Waals surface area contributed by atoms with Crippen LogP contribution in [0.5, 0.6) is 0 Å². The van der Waals surface area contributed by atoms with Crippen molar-refractivity contribution >= 4 is 5.97 Å². The van der Waals surface area contributed by atoms with Gasteiger partial charge in [-0.1, -0.05) is 34.6 Å². The molecule has 1 unspecified atom stereocenters. The molecule has 5 aliphatic carbocycles. The molecule has 14 nitrogen and oxygen atoms in total. The summed E-state index contributed by atoms with van der Waals surface area (Å²) in [5, 5.41) is 88.4. The maximum Gasteiger partial charge on any atom is 0.317 e. The first-order valence-corrected chi connectivity index (χ1v) is 21.0. The second kappa shape index (κ2) is 13.1. The number of hydrogen-bond acceptors (Lipinski definition) is 14. The average molecular weight is 795 g/mol. The van der Waals surface area contributed by atoms with Crippen molar-refractivity contribution in [2.75, 3.05) is 6.61 Å². The largest absolute Gasteiger partial charge is 0.455 e. The predicted molar refractivity (Wildman–Crippen MR) is 197 cm³/mol. The van der Waals surface area contributed by atoms with Crippen molar-refractivity contribution in [2.45, 2.75) is 198 Å². The smallest absolute Gasteiger partial charge is 0.317 e. The maximum absolute atomic E-state index is 13.7. The molecule has 20 atom stereocenters. The van der Waals surface area contributed by atoms with Gasteiger partial charge in [0.15, 0.2) is 12.6 Å². The Bertz CT molecular complexity index is 1620. The van der Waals surface area contributed by atoms with Crippen LogP contribution in [-0.2, 0) is 28.5 Å². The normalized spacial score (nSPS) is 57.8. The van der Waals surface area contributed by atoms with Gasteiger partial charge in [-0.25, -0.2) is 0 Å². The standard InChI is InChI=1S/C42H66O14/c1-19-26(45)28(47)30(49)33(52-19)55-31-29(48)27(46)21(18-43)53-34(31)54-24-10-11-37(4)22(36(24,2)3)9-12-38(5)23(37)17-20(44)25-32-41(8,51)40(7)14-16-42(32,35(50)56-40)15-13-39(25,38)6/h19-24,26-31,33-34,43-49,51H,9-18H2,1-8H3/t19-,20+,21+,22?,23+,24-,26-,27+,28+,29-,30+,31+,33-,34-,37-,38+,39+,40-,41-,42+/m0/s1. The number of fused-ring (bicyclic) bond motifs is 7. The minimum Gasteiger partial charge on any atom is -0.455 e. The first-order chi connectivity index (χ1) is 25.9. The van der Waals surface area contributed by atoms with Gasteiger partial charge in [-0.2, -0.15) is 0 Å². The van der Waals surface area contributed by atoms with Gasteiger partial charge in [0, 0.05) is 0 Å². The van der Waals surface area contributed by atoms with E-state index in [-0.39, 0.29) is 28.6 Å². The molecule has 4 aliphatic heterocycles. The van der Waals surface area contributed by atoms with Crippen LogP contribution in [0.15, 0.2) is 11.1 Å². The maximum atomic E-state index is 13.7. The molecule has 0 aromatic carbocycles. The number of carbonyl (C=O) groups excluding carboxylic acids is 1. The molecule has 4 saturated carbocycles. The Morgan fingerprint density at radius 1 is 0.732 bits per heavy atom. The summed E-state index contributed by atoms with van der Waals surface area (Å²) >= 11 is 0. The van der Waals surface area contributed by atoms with Gasteiger partial charge >= 0.3 is 5.97 Å². The lowest BCUT2D eigenvalue weighted by atomic mass is 9.33. The van der Waals surface area contributed by atoms with E-state index in [0.29, 0.717) is 44.1 Å². The van der Waals surface area contributed by atoms with Crippen LogP contribution in [0.3, 0.4) is 0 Å². The lowest BCUT2D eigenvalue weighted by molar-refractivity contribution is -0.376. The number of rotatable bonds is 5. The fraction of sp³-hybridized carbons (Fsp3) is 0.929. The van der Waals surface area contributed by atoms with E-state index in [1.54, 1.807) is 6.92 Å². The molecule has 4 saturated heterocycles. The van der Waals surface area contributed by atoms with E-state index in [2.05, 4.69) is 34.6 Å². The fourth-order valence-corrected chi connectivity index (χ4v) is 14.1. The number of hydrogen-bond donors (Lipinski definition) is 8. The van der Waals surface area contributed by atoms with Gasteiger partial charge in [-0.3, -0.25) is 4.79 Å². The Kier molecular flexibility index (Phi) is 9.71. The van der Waals surface area contributed by atoms with Gasteiger partial charge < -0.3 is 64.5 Å². The van der Waals surface area contributed by atoms with Gasteiger partial charge in [0.1, 0.15) is 53.9 Å². The summed E-state index contributed by atoms with van der Waals surface area (Å²) in [6.07, 6.45) is -9.25. The molecule has 9 aliphatic rings. The molecule has 8 fully saturated rings. The molecule has 0 amide bonds. The second-order valence-corrected chi connectivity index (χ2v) is 20.7. The van der Waals surface area contributed by atoms with Crippen molar-refractivity contribution in [1.82, 2.24) is 0 Å². The van der Waals surface area contributed by atoms with Gasteiger partial charge in [0.25, 0.3) is 0 Å². The van der Waals surface area contributed by atoms with E-state index >= 15 is 0 Å². The summed E-state index contributed by atoms with van der Waals surface area (Å²) in [7, 11) is 0. The highest BCUT2D eigenvalue weighted by Gasteiger charge is 2.75. The molecule has 14 heteroatoms. The molecular weight excluding hydrogens is 728 g/mol. The molecule has 318 valence electrons. The van der Waals surface area contributed by atoms with E-state index in [1.807, 2.05) is 6.92 Å².